The van der Waals surface area contributed by atoms with E-state index in [1.807, 2.05) is 0 Å². The van der Waals surface area contributed by atoms with Crippen LogP contribution >= 0.6 is 27.5 Å². The summed E-state index contributed by atoms with van der Waals surface area (Å²) in [4.78, 5) is 11.5. The molecule has 0 aliphatic heterocycles. The smallest absolute Gasteiger partial charge is 0.163 e. The van der Waals surface area contributed by atoms with E-state index in [0.717, 1.165) is 18.2 Å². The lowest BCUT2D eigenvalue weighted by molar-refractivity contribution is 0.101. The molecule has 100 valence electrons. The van der Waals surface area contributed by atoms with Crippen molar-refractivity contribution in [2.24, 2.45) is 5.92 Å². The van der Waals surface area contributed by atoms with E-state index in [9.17, 15) is 4.79 Å². The van der Waals surface area contributed by atoms with Crippen LogP contribution in [-0.2, 0) is 0 Å². The van der Waals surface area contributed by atoms with E-state index in [4.69, 9.17) is 16.3 Å². The van der Waals surface area contributed by atoms with Crippen molar-refractivity contribution in [3.8, 4) is 5.75 Å². The predicted octanol–water partition coefficient (Wildman–Crippen LogP) is 4.73. The number of Topliss-reactive ketones (excluding diaryl/α,β-unsaturated/α-hetero) is 1. The molecule has 0 aromatic heterocycles. The summed E-state index contributed by atoms with van der Waals surface area (Å²) in [6.45, 7) is 4.28. The first-order chi connectivity index (χ1) is 8.58. The summed E-state index contributed by atoms with van der Waals surface area (Å²) in [5.74, 6) is 1.05. The van der Waals surface area contributed by atoms with Crippen molar-refractivity contribution in [3.63, 3.8) is 0 Å². The Morgan fingerprint density at radius 3 is 2.78 bits per heavy atom. The quantitative estimate of drug-likeness (QED) is 0.532. The molecule has 4 heteroatoms. The predicted molar refractivity (Wildman–Crippen MR) is 79.1 cm³/mol. The first-order valence-corrected chi connectivity index (χ1v) is 7.57. The Kier molecular flexibility index (Phi) is 6.72. The Labute approximate surface area is 122 Å². The Morgan fingerprint density at radius 2 is 2.22 bits per heavy atom. The molecule has 2 nitrogen and oxygen atoms in total. The second kappa shape index (κ2) is 7.80. The number of hydrogen-bond acceptors (Lipinski definition) is 2. The van der Waals surface area contributed by atoms with Gasteiger partial charge in [0.2, 0.25) is 0 Å². The Hall–Kier alpha value is -0.540. The van der Waals surface area contributed by atoms with Gasteiger partial charge in [-0.05, 0) is 31.5 Å². The number of ether oxygens (including phenoxy) is 1. The van der Waals surface area contributed by atoms with Gasteiger partial charge in [-0.15, -0.1) is 0 Å². The first kappa shape index (κ1) is 15.5. The average Bonchev–Trinajstić information content (AvgIpc) is 2.35. The number of carbonyl (C=O) groups is 1. The lowest BCUT2D eigenvalue weighted by Crippen LogP contribution is -2.14. The van der Waals surface area contributed by atoms with Crippen molar-refractivity contribution in [1.29, 1.82) is 0 Å². The minimum atomic E-state index is -0.0293. The maximum atomic E-state index is 11.5. The molecular formula is C14H18BrClO2. The Bertz CT molecular complexity index is 407. The van der Waals surface area contributed by atoms with Crippen LogP contribution in [0.25, 0.3) is 0 Å². The number of benzene rings is 1. The molecule has 0 aliphatic rings. The summed E-state index contributed by atoms with van der Waals surface area (Å²) in [6.07, 6.45) is 2.23. The number of alkyl halides is 1. The van der Waals surface area contributed by atoms with E-state index in [2.05, 4.69) is 22.9 Å². The summed E-state index contributed by atoms with van der Waals surface area (Å²) >= 11 is 9.37. The molecule has 0 bridgehead atoms. The summed E-state index contributed by atoms with van der Waals surface area (Å²) in [6, 6.07) is 5.16. The summed E-state index contributed by atoms with van der Waals surface area (Å²) < 4.78 is 5.75. The van der Waals surface area contributed by atoms with Crippen LogP contribution in [0.3, 0.4) is 0 Å². The topological polar surface area (TPSA) is 26.3 Å². The van der Waals surface area contributed by atoms with Crippen LogP contribution in [0, 0.1) is 5.92 Å². The molecule has 18 heavy (non-hydrogen) atoms. The molecule has 1 atom stereocenters. The van der Waals surface area contributed by atoms with Crippen LogP contribution in [0.4, 0.5) is 0 Å². The minimum Gasteiger partial charge on any atom is -0.493 e. The second-order valence-electron chi connectivity index (χ2n) is 4.32. The van der Waals surface area contributed by atoms with Gasteiger partial charge >= 0.3 is 0 Å². The van der Waals surface area contributed by atoms with E-state index >= 15 is 0 Å². The maximum Gasteiger partial charge on any atom is 0.163 e. The third kappa shape index (κ3) is 4.62. The minimum absolute atomic E-state index is 0.0293. The fourth-order valence-electron chi connectivity index (χ4n) is 1.72. The van der Waals surface area contributed by atoms with Crippen molar-refractivity contribution in [2.75, 3.05) is 11.9 Å². The van der Waals surface area contributed by atoms with E-state index < -0.39 is 0 Å². The third-order valence-electron chi connectivity index (χ3n) is 2.71. The van der Waals surface area contributed by atoms with Crippen molar-refractivity contribution in [1.82, 2.24) is 0 Å². The average molecular weight is 334 g/mol. The molecule has 0 radical (unpaired) electrons. The number of rotatable bonds is 7. The third-order valence-corrected chi connectivity index (χ3v) is 3.86. The molecule has 0 fully saturated rings. The highest BCUT2D eigenvalue weighted by Crippen LogP contribution is 2.24. The molecule has 0 saturated heterocycles. The largest absolute Gasteiger partial charge is 0.493 e. The number of carbonyl (C=O) groups excluding carboxylic acids is 1. The number of ketones is 1. The normalized spacial score (nSPS) is 12.2. The van der Waals surface area contributed by atoms with Crippen LogP contribution < -0.4 is 4.74 Å². The zero-order chi connectivity index (χ0) is 13.5. The molecule has 0 aliphatic carbocycles. The molecule has 0 N–H and O–H groups in total. The molecule has 1 unspecified atom stereocenters. The number of hydrogen-bond donors (Lipinski definition) is 0. The molecular weight excluding hydrogens is 316 g/mol. The molecule has 1 rings (SSSR count). The van der Waals surface area contributed by atoms with Gasteiger partial charge in [0.05, 0.1) is 12.2 Å². The summed E-state index contributed by atoms with van der Waals surface area (Å²) in [5.41, 5.74) is 0.548. The molecule has 1 aromatic carbocycles. The van der Waals surface area contributed by atoms with Gasteiger partial charge in [0, 0.05) is 16.3 Å². The van der Waals surface area contributed by atoms with E-state index in [1.165, 1.54) is 6.92 Å². The molecule has 0 spiro atoms. The van der Waals surface area contributed by atoms with E-state index in [-0.39, 0.29) is 5.78 Å². The SMILES string of the molecule is CCCC(CBr)COc1ccc(Cl)cc1C(C)=O. The van der Waals surface area contributed by atoms with Gasteiger partial charge in [0.15, 0.2) is 5.78 Å². The number of halogens is 2. The Balaban J connectivity index is 2.74. The summed E-state index contributed by atoms with van der Waals surface area (Å²) in [7, 11) is 0. The lowest BCUT2D eigenvalue weighted by Gasteiger charge is -2.16. The standard InChI is InChI=1S/C14H18BrClO2/c1-3-4-11(8-15)9-18-14-6-5-12(16)7-13(14)10(2)17/h5-7,11H,3-4,8-9H2,1-2H3. The monoisotopic (exact) mass is 332 g/mol. The molecule has 0 saturated carbocycles. The van der Waals surface area contributed by atoms with Gasteiger partial charge in [0.1, 0.15) is 5.75 Å². The second-order valence-corrected chi connectivity index (χ2v) is 5.40. The van der Waals surface area contributed by atoms with E-state index in [0.29, 0.717) is 28.9 Å². The van der Waals surface area contributed by atoms with Crippen LogP contribution in [-0.4, -0.2) is 17.7 Å². The fourth-order valence-corrected chi connectivity index (χ4v) is 2.41. The maximum absolute atomic E-state index is 11.5. The van der Waals surface area contributed by atoms with Gasteiger partial charge in [-0.1, -0.05) is 40.9 Å². The van der Waals surface area contributed by atoms with Gasteiger partial charge in [-0.2, -0.15) is 0 Å². The van der Waals surface area contributed by atoms with Gasteiger partial charge in [-0.3, -0.25) is 4.79 Å². The zero-order valence-electron chi connectivity index (χ0n) is 10.7. The van der Waals surface area contributed by atoms with Crippen molar-refractivity contribution < 1.29 is 9.53 Å². The summed E-state index contributed by atoms with van der Waals surface area (Å²) in [5, 5.41) is 1.46. The van der Waals surface area contributed by atoms with E-state index in [1.54, 1.807) is 18.2 Å². The van der Waals surface area contributed by atoms with Crippen molar-refractivity contribution in [2.45, 2.75) is 26.7 Å². The van der Waals surface area contributed by atoms with Crippen molar-refractivity contribution >= 4 is 33.3 Å². The van der Waals surface area contributed by atoms with Crippen LogP contribution in [0.15, 0.2) is 18.2 Å². The fraction of sp³-hybridized carbons (Fsp3) is 0.500. The zero-order valence-corrected chi connectivity index (χ0v) is 13.1. The van der Waals surface area contributed by atoms with Gasteiger partial charge < -0.3 is 4.74 Å². The first-order valence-electron chi connectivity index (χ1n) is 6.07. The van der Waals surface area contributed by atoms with Gasteiger partial charge in [-0.25, -0.2) is 0 Å². The molecule has 0 heterocycles. The van der Waals surface area contributed by atoms with Gasteiger partial charge in [0.25, 0.3) is 0 Å². The molecule has 0 amide bonds. The molecule has 1 aromatic rings. The van der Waals surface area contributed by atoms with Crippen LogP contribution in [0.1, 0.15) is 37.0 Å². The highest BCUT2D eigenvalue weighted by molar-refractivity contribution is 9.09. The van der Waals surface area contributed by atoms with Crippen LogP contribution in [0.5, 0.6) is 5.75 Å². The lowest BCUT2D eigenvalue weighted by atomic mass is 10.1. The highest BCUT2D eigenvalue weighted by atomic mass is 79.9. The van der Waals surface area contributed by atoms with Crippen molar-refractivity contribution in [3.05, 3.63) is 28.8 Å². The van der Waals surface area contributed by atoms with Crippen LogP contribution in [0.2, 0.25) is 5.02 Å². The highest BCUT2D eigenvalue weighted by Gasteiger charge is 2.12. The Morgan fingerprint density at radius 1 is 1.50 bits per heavy atom.